The first-order valence-corrected chi connectivity index (χ1v) is 9.23. The Balaban J connectivity index is 1.46. The molecule has 1 atom stereocenters. The Bertz CT molecular complexity index is 854. The van der Waals surface area contributed by atoms with Crippen molar-refractivity contribution in [2.45, 2.75) is 19.8 Å². The van der Waals surface area contributed by atoms with Gasteiger partial charge in [0.15, 0.2) is 6.61 Å². The van der Waals surface area contributed by atoms with Gasteiger partial charge in [-0.3, -0.25) is 25.2 Å². The molecule has 1 aliphatic rings. The molecule has 28 heavy (non-hydrogen) atoms. The predicted octanol–water partition coefficient (Wildman–Crippen LogP) is 1.83. The van der Waals surface area contributed by atoms with Gasteiger partial charge in [0.05, 0.1) is 5.92 Å². The number of carbonyl (C=O) groups excluding carboxylic acids is 3. The molecule has 1 fully saturated rings. The van der Waals surface area contributed by atoms with E-state index in [2.05, 4.69) is 10.9 Å². The van der Waals surface area contributed by atoms with Gasteiger partial charge >= 0.3 is 0 Å². The number of benzene rings is 2. The van der Waals surface area contributed by atoms with Crippen LogP contribution in [0.4, 0.5) is 5.69 Å². The van der Waals surface area contributed by atoms with Gasteiger partial charge in [0, 0.05) is 18.7 Å². The third-order valence-corrected chi connectivity index (χ3v) is 4.60. The zero-order chi connectivity index (χ0) is 19.9. The highest BCUT2D eigenvalue weighted by Gasteiger charge is 2.35. The number of ether oxygens (including phenoxy) is 1. The summed E-state index contributed by atoms with van der Waals surface area (Å²) in [6.45, 7) is 2.08. The van der Waals surface area contributed by atoms with Crippen molar-refractivity contribution in [3.05, 3.63) is 60.2 Å². The average molecular weight is 381 g/mol. The summed E-state index contributed by atoms with van der Waals surface area (Å²) in [5, 5.41) is 0. The van der Waals surface area contributed by atoms with Gasteiger partial charge in [-0.2, -0.15) is 0 Å². The number of aryl methyl sites for hydroxylation is 1. The van der Waals surface area contributed by atoms with Crippen LogP contribution in [0.2, 0.25) is 0 Å². The summed E-state index contributed by atoms with van der Waals surface area (Å²) in [6, 6.07) is 16.7. The Labute approximate surface area is 163 Å². The zero-order valence-electron chi connectivity index (χ0n) is 15.7. The quantitative estimate of drug-likeness (QED) is 0.748. The van der Waals surface area contributed by atoms with Gasteiger partial charge in [0.1, 0.15) is 5.75 Å². The Kier molecular flexibility index (Phi) is 6.26. The van der Waals surface area contributed by atoms with Gasteiger partial charge in [-0.25, -0.2) is 0 Å². The minimum absolute atomic E-state index is 0.108. The topological polar surface area (TPSA) is 87.7 Å². The molecular formula is C21H23N3O4. The predicted molar refractivity (Wildman–Crippen MR) is 105 cm³/mol. The molecular weight excluding hydrogens is 358 g/mol. The molecule has 0 radical (unpaired) electrons. The highest BCUT2D eigenvalue weighted by Crippen LogP contribution is 2.24. The zero-order valence-corrected chi connectivity index (χ0v) is 15.7. The highest BCUT2D eigenvalue weighted by atomic mass is 16.5. The van der Waals surface area contributed by atoms with Gasteiger partial charge in [0.2, 0.25) is 11.8 Å². The molecule has 0 aliphatic carbocycles. The van der Waals surface area contributed by atoms with Crippen LogP contribution in [0.5, 0.6) is 5.75 Å². The van der Waals surface area contributed by atoms with Gasteiger partial charge in [0.25, 0.3) is 5.91 Å². The number of rotatable bonds is 6. The van der Waals surface area contributed by atoms with E-state index in [4.69, 9.17) is 4.74 Å². The molecule has 7 heteroatoms. The van der Waals surface area contributed by atoms with E-state index < -0.39 is 17.7 Å². The van der Waals surface area contributed by atoms with Crippen molar-refractivity contribution in [3.63, 3.8) is 0 Å². The Morgan fingerprint density at radius 1 is 1.07 bits per heavy atom. The maximum absolute atomic E-state index is 12.3. The molecule has 1 saturated heterocycles. The lowest BCUT2D eigenvalue weighted by Crippen LogP contribution is -2.46. The normalized spacial score (nSPS) is 16.0. The van der Waals surface area contributed by atoms with E-state index in [9.17, 15) is 14.4 Å². The van der Waals surface area contributed by atoms with Crippen molar-refractivity contribution >= 4 is 23.4 Å². The van der Waals surface area contributed by atoms with Crippen molar-refractivity contribution in [2.24, 2.45) is 5.92 Å². The monoisotopic (exact) mass is 381 g/mol. The Hall–Kier alpha value is -3.35. The van der Waals surface area contributed by atoms with E-state index >= 15 is 0 Å². The molecule has 3 rings (SSSR count). The molecule has 7 nitrogen and oxygen atoms in total. The summed E-state index contributed by atoms with van der Waals surface area (Å²) in [5.41, 5.74) is 6.49. The number of para-hydroxylation sites is 2. The molecule has 1 aliphatic heterocycles. The SMILES string of the molecule is CCc1ccccc1OCC(=O)NNC(=O)C1CC(=O)N(c2ccccc2)C1. The van der Waals surface area contributed by atoms with Gasteiger partial charge in [-0.1, -0.05) is 43.3 Å². The Morgan fingerprint density at radius 2 is 1.79 bits per heavy atom. The highest BCUT2D eigenvalue weighted by molar-refractivity contribution is 6.00. The number of hydrogen-bond acceptors (Lipinski definition) is 4. The lowest BCUT2D eigenvalue weighted by molar-refractivity contribution is -0.132. The van der Waals surface area contributed by atoms with Gasteiger partial charge in [-0.05, 0) is 30.2 Å². The third-order valence-electron chi connectivity index (χ3n) is 4.60. The summed E-state index contributed by atoms with van der Waals surface area (Å²) < 4.78 is 5.51. The van der Waals surface area contributed by atoms with Gasteiger partial charge in [-0.15, -0.1) is 0 Å². The summed E-state index contributed by atoms with van der Waals surface area (Å²) in [6.07, 6.45) is 0.902. The van der Waals surface area contributed by atoms with Crippen molar-refractivity contribution < 1.29 is 19.1 Å². The van der Waals surface area contributed by atoms with Crippen LogP contribution in [0.25, 0.3) is 0 Å². The Morgan fingerprint density at radius 3 is 2.54 bits per heavy atom. The average Bonchev–Trinajstić information content (AvgIpc) is 3.13. The smallest absolute Gasteiger partial charge is 0.276 e. The molecule has 146 valence electrons. The fourth-order valence-corrected chi connectivity index (χ4v) is 3.09. The fourth-order valence-electron chi connectivity index (χ4n) is 3.09. The van der Waals surface area contributed by atoms with E-state index in [1.165, 1.54) is 0 Å². The largest absolute Gasteiger partial charge is 0.483 e. The molecule has 0 saturated carbocycles. The second kappa shape index (κ2) is 9.03. The van der Waals surface area contributed by atoms with E-state index in [-0.39, 0.29) is 25.5 Å². The number of nitrogens with zero attached hydrogens (tertiary/aromatic N) is 1. The first-order valence-electron chi connectivity index (χ1n) is 9.23. The number of anilines is 1. The molecule has 1 unspecified atom stereocenters. The van der Waals surface area contributed by atoms with Crippen molar-refractivity contribution in [2.75, 3.05) is 18.1 Å². The molecule has 1 heterocycles. The van der Waals surface area contributed by atoms with Crippen LogP contribution in [-0.2, 0) is 20.8 Å². The van der Waals surface area contributed by atoms with Crippen molar-refractivity contribution in [3.8, 4) is 5.75 Å². The number of hydrogen-bond donors (Lipinski definition) is 2. The minimum atomic E-state index is -0.519. The van der Waals surface area contributed by atoms with E-state index in [0.29, 0.717) is 5.75 Å². The summed E-state index contributed by atoms with van der Waals surface area (Å²) in [4.78, 5) is 38.0. The number of carbonyl (C=O) groups is 3. The lowest BCUT2D eigenvalue weighted by Gasteiger charge is -2.16. The second-order valence-electron chi connectivity index (χ2n) is 6.53. The van der Waals surface area contributed by atoms with Crippen molar-refractivity contribution in [1.82, 2.24) is 10.9 Å². The van der Waals surface area contributed by atoms with Crippen LogP contribution in [0, 0.1) is 5.92 Å². The maximum Gasteiger partial charge on any atom is 0.276 e. The summed E-state index contributed by atoms with van der Waals surface area (Å²) >= 11 is 0. The van der Waals surface area contributed by atoms with Crippen LogP contribution in [0.1, 0.15) is 18.9 Å². The maximum atomic E-state index is 12.3. The van der Waals surface area contributed by atoms with E-state index in [1.54, 1.807) is 11.0 Å². The standard InChI is InChI=1S/C21H23N3O4/c1-2-15-8-6-7-11-18(15)28-14-19(25)22-23-21(27)16-12-20(26)24(13-16)17-9-4-3-5-10-17/h3-11,16H,2,12-14H2,1H3,(H,22,25)(H,23,27). The number of amides is 3. The van der Waals surface area contributed by atoms with E-state index in [0.717, 1.165) is 17.7 Å². The van der Waals surface area contributed by atoms with Crippen LogP contribution in [0.15, 0.2) is 54.6 Å². The first kappa shape index (κ1) is 19.4. The van der Waals surface area contributed by atoms with Crippen LogP contribution < -0.4 is 20.5 Å². The summed E-state index contributed by atoms with van der Waals surface area (Å²) in [5.74, 6) is -0.851. The van der Waals surface area contributed by atoms with E-state index in [1.807, 2.05) is 55.5 Å². The van der Waals surface area contributed by atoms with Crippen LogP contribution in [0.3, 0.4) is 0 Å². The molecule has 2 aromatic rings. The summed E-state index contributed by atoms with van der Waals surface area (Å²) in [7, 11) is 0. The number of nitrogens with one attached hydrogen (secondary N) is 2. The lowest BCUT2D eigenvalue weighted by atomic mass is 10.1. The molecule has 3 amide bonds. The molecule has 0 bridgehead atoms. The molecule has 2 aromatic carbocycles. The molecule has 0 spiro atoms. The first-order chi connectivity index (χ1) is 13.6. The number of hydrazine groups is 1. The second-order valence-corrected chi connectivity index (χ2v) is 6.53. The van der Waals surface area contributed by atoms with Crippen molar-refractivity contribution in [1.29, 1.82) is 0 Å². The minimum Gasteiger partial charge on any atom is -0.483 e. The fraction of sp³-hybridized carbons (Fsp3) is 0.286. The third kappa shape index (κ3) is 4.68. The molecule has 0 aromatic heterocycles. The van der Waals surface area contributed by atoms with Gasteiger partial charge < -0.3 is 9.64 Å². The van der Waals surface area contributed by atoms with Crippen LogP contribution >= 0.6 is 0 Å². The molecule has 2 N–H and O–H groups in total. The van der Waals surface area contributed by atoms with Crippen LogP contribution in [-0.4, -0.2) is 30.9 Å².